The summed E-state index contributed by atoms with van der Waals surface area (Å²) < 4.78 is 9.78. The highest BCUT2D eigenvalue weighted by Gasteiger charge is 2.13. The second-order valence-corrected chi connectivity index (χ2v) is 3.10. The Labute approximate surface area is 89.0 Å². The number of nitrogen functional groups attached to an aromatic ring is 1. The van der Waals surface area contributed by atoms with Crippen molar-refractivity contribution < 1.29 is 14.3 Å². The Kier molecular flexibility index (Phi) is 3.55. The first kappa shape index (κ1) is 11.4. The van der Waals surface area contributed by atoms with Crippen molar-refractivity contribution in [2.24, 2.45) is 0 Å². The molecule has 0 fully saturated rings. The number of ether oxygens (including phenoxy) is 2. The van der Waals surface area contributed by atoms with Crippen LogP contribution in [0.15, 0.2) is 12.1 Å². The van der Waals surface area contributed by atoms with Crippen LogP contribution in [0.25, 0.3) is 0 Å². The average molecular weight is 209 g/mol. The van der Waals surface area contributed by atoms with Gasteiger partial charge in [0.1, 0.15) is 5.75 Å². The largest absolute Gasteiger partial charge is 0.496 e. The van der Waals surface area contributed by atoms with Crippen molar-refractivity contribution in [3.05, 3.63) is 23.3 Å². The molecule has 15 heavy (non-hydrogen) atoms. The lowest BCUT2D eigenvalue weighted by molar-refractivity contribution is 0.0602. The molecule has 0 saturated heterocycles. The van der Waals surface area contributed by atoms with Gasteiger partial charge in [0.15, 0.2) is 0 Å². The van der Waals surface area contributed by atoms with Crippen LogP contribution in [0.3, 0.4) is 0 Å². The van der Waals surface area contributed by atoms with Gasteiger partial charge in [-0.1, -0.05) is 6.92 Å². The molecule has 0 aromatic heterocycles. The van der Waals surface area contributed by atoms with E-state index >= 15 is 0 Å². The molecule has 4 nitrogen and oxygen atoms in total. The van der Waals surface area contributed by atoms with E-state index in [-0.39, 0.29) is 0 Å². The summed E-state index contributed by atoms with van der Waals surface area (Å²) in [7, 11) is 2.91. The van der Waals surface area contributed by atoms with Crippen molar-refractivity contribution in [2.75, 3.05) is 20.0 Å². The van der Waals surface area contributed by atoms with Crippen LogP contribution in [-0.2, 0) is 11.2 Å². The standard InChI is InChI=1S/C11H15NO3/c1-4-7-5-8(11(13)15-3)9(12)6-10(7)14-2/h5-6H,4,12H2,1-3H3. The van der Waals surface area contributed by atoms with Crippen LogP contribution in [-0.4, -0.2) is 20.2 Å². The van der Waals surface area contributed by atoms with Gasteiger partial charge in [-0.25, -0.2) is 4.79 Å². The Hall–Kier alpha value is -1.71. The number of aryl methyl sites for hydroxylation is 1. The summed E-state index contributed by atoms with van der Waals surface area (Å²) in [5.74, 6) is 0.271. The Bertz CT molecular complexity index is 374. The van der Waals surface area contributed by atoms with E-state index in [0.717, 1.165) is 12.0 Å². The number of esters is 1. The molecule has 1 rings (SSSR count). The minimum absolute atomic E-state index is 0.371. The lowest BCUT2D eigenvalue weighted by Crippen LogP contribution is -2.07. The monoisotopic (exact) mass is 209 g/mol. The van der Waals surface area contributed by atoms with Gasteiger partial charge >= 0.3 is 5.97 Å². The molecule has 0 atom stereocenters. The fourth-order valence-electron chi connectivity index (χ4n) is 1.39. The molecule has 0 heterocycles. The first-order valence-corrected chi connectivity index (χ1v) is 4.68. The lowest BCUT2D eigenvalue weighted by Gasteiger charge is -2.10. The molecule has 1 aromatic carbocycles. The highest BCUT2D eigenvalue weighted by Crippen LogP contribution is 2.26. The predicted molar refractivity (Wildman–Crippen MR) is 58.1 cm³/mol. The van der Waals surface area contributed by atoms with Crippen molar-refractivity contribution >= 4 is 11.7 Å². The first-order chi connectivity index (χ1) is 7.13. The van der Waals surface area contributed by atoms with Crippen LogP contribution in [0.4, 0.5) is 5.69 Å². The van der Waals surface area contributed by atoms with E-state index in [1.165, 1.54) is 7.11 Å². The van der Waals surface area contributed by atoms with Crippen LogP contribution in [0.5, 0.6) is 5.75 Å². The zero-order chi connectivity index (χ0) is 11.4. The SMILES string of the molecule is CCc1cc(C(=O)OC)c(N)cc1OC. The molecule has 0 saturated carbocycles. The van der Waals surface area contributed by atoms with Crippen molar-refractivity contribution in [3.63, 3.8) is 0 Å². The zero-order valence-electron chi connectivity index (χ0n) is 9.16. The van der Waals surface area contributed by atoms with E-state index in [2.05, 4.69) is 4.74 Å². The van der Waals surface area contributed by atoms with Crippen LogP contribution in [0.2, 0.25) is 0 Å². The summed E-state index contributed by atoms with van der Waals surface area (Å²) >= 11 is 0. The second-order valence-electron chi connectivity index (χ2n) is 3.10. The van der Waals surface area contributed by atoms with Crippen molar-refractivity contribution in [1.29, 1.82) is 0 Å². The maximum absolute atomic E-state index is 11.4. The van der Waals surface area contributed by atoms with Crippen molar-refractivity contribution in [3.8, 4) is 5.75 Å². The topological polar surface area (TPSA) is 61.5 Å². The molecule has 0 aliphatic rings. The van der Waals surface area contributed by atoms with Crippen LogP contribution in [0, 0.1) is 0 Å². The molecule has 0 bridgehead atoms. The number of anilines is 1. The van der Waals surface area contributed by atoms with Gasteiger partial charge in [-0.05, 0) is 18.1 Å². The molecule has 0 aliphatic carbocycles. The van der Waals surface area contributed by atoms with Gasteiger partial charge in [-0.3, -0.25) is 0 Å². The fourth-order valence-corrected chi connectivity index (χ4v) is 1.39. The third-order valence-electron chi connectivity index (χ3n) is 2.24. The van der Waals surface area contributed by atoms with Crippen molar-refractivity contribution in [1.82, 2.24) is 0 Å². The van der Waals surface area contributed by atoms with Gasteiger partial charge < -0.3 is 15.2 Å². The highest BCUT2D eigenvalue weighted by molar-refractivity contribution is 5.95. The number of methoxy groups -OCH3 is 2. The third kappa shape index (κ3) is 2.21. The Balaban J connectivity index is 3.25. The Morgan fingerprint density at radius 3 is 2.53 bits per heavy atom. The summed E-state index contributed by atoms with van der Waals surface area (Å²) in [6.45, 7) is 1.98. The summed E-state index contributed by atoms with van der Waals surface area (Å²) in [6.07, 6.45) is 0.771. The number of hydrogen-bond donors (Lipinski definition) is 1. The van der Waals surface area contributed by atoms with Gasteiger partial charge in [-0.15, -0.1) is 0 Å². The van der Waals surface area contributed by atoms with Crippen LogP contribution in [0.1, 0.15) is 22.8 Å². The van der Waals surface area contributed by atoms with Gasteiger partial charge in [0.2, 0.25) is 0 Å². The molecule has 82 valence electrons. The lowest BCUT2D eigenvalue weighted by atomic mass is 10.1. The van der Waals surface area contributed by atoms with Gasteiger partial charge in [-0.2, -0.15) is 0 Å². The second kappa shape index (κ2) is 4.68. The maximum atomic E-state index is 11.4. The average Bonchev–Trinajstić information content (AvgIpc) is 2.27. The number of carbonyl (C=O) groups is 1. The molecule has 0 unspecified atom stereocenters. The first-order valence-electron chi connectivity index (χ1n) is 4.68. The summed E-state index contributed by atoms with van der Waals surface area (Å²) in [5, 5.41) is 0. The molecule has 2 N–H and O–H groups in total. The molecule has 4 heteroatoms. The third-order valence-corrected chi connectivity index (χ3v) is 2.24. The van der Waals surface area contributed by atoms with E-state index < -0.39 is 5.97 Å². The number of benzene rings is 1. The van der Waals surface area contributed by atoms with Crippen LogP contribution >= 0.6 is 0 Å². The number of rotatable bonds is 3. The summed E-state index contributed by atoms with van der Waals surface area (Å²) in [5.41, 5.74) is 7.41. The Morgan fingerprint density at radius 2 is 2.07 bits per heavy atom. The minimum Gasteiger partial charge on any atom is -0.496 e. The molecule has 0 amide bonds. The van der Waals surface area contributed by atoms with E-state index in [1.54, 1.807) is 19.2 Å². The molecule has 0 aliphatic heterocycles. The quantitative estimate of drug-likeness (QED) is 0.607. The van der Waals surface area contributed by atoms with E-state index in [1.807, 2.05) is 6.92 Å². The number of nitrogens with two attached hydrogens (primary N) is 1. The van der Waals surface area contributed by atoms with E-state index in [0.29, 0.717) is 17.0 Å². The number of hydrogen-bond acceptors (Lipinski definition) is 4. The number of carbonyl (C=O) groups excluding carboxylic acids is 1. The zero-order valence-corrected chi connectivity index (χ0v) is 9.16. The minimum atomic E-state index is -0.426. The smallest absolute Gasteiger partial charge is 0.339 e. The summed E-state index contributed by atoms with van der Waals surface area (Å²) in [6, 6.07) is 3.35. The molecular formula is C11H15NO3. The van der Waals surface area contributed by atoms with E-state index in [9.17, 15) is 4.79 Å². The summed E-state index contributed by atoms with van der Waals surface area (Å²) in [4.78, 5) is 11.4. The molecule has 1 aromatic rings. The molecule has 0 spiro atoms. The normalized spacial score (nSPS) is 9.80. The molecular weight excluding hydrogens is 194 g/mol. The van der Waals surface area contributed by atoms with Gasteiger partial charge in [0.05, 0.1) is 19.8 Å². The van der Waals surface area contributed by atoms with Crippen LogP contribution < -0.4 is 10.5 Å². The highest BCUT2D eigenvalue weighted by atomic mass is 16.5. The predicted octanol–water partition coefficient (Wildman–Crippen LogP) is 1.63. The fraction of sp³-hybridized carbons (Fsp3) is 0.364. The maximum Gasteiger partial charge on any atom is 0.339 e. The molecule has 0 radical (unpaired) electrons. The van der Waals surface area contributed by atoms with Gasteiger partial charge in [0.25, 0.3) is 0 Å². The Morgan fingerprint density at radius 1 is 1.40 bits per heavy atom. The van der Waals surface area contributed by atoms with Gasteiger partial charge in [0, 0.05) is 11.8 Å². The van der Waals surface area contributed by atoms with E-state index in [4.69, 9.17) is 10.5 Å². The van der Waals surface area contributed by atoms with Crippen molar-refractivity contribution in [2.45, 2.75) is 13.3 Å².